The van der Waals surface area contributed by atoms with Crippen LogP contribution >= 0.6 is 0 Å². The Morgan fingerprint density at radius 1 is 1.36 bits per heavy atom. The number of nitriles is 1. The number of pyridine rings is 1. The Morgan fingerprint density at radius 3 is 2.68 bits per heavy atom. The average molecular weight is 384 g/mol. The maximum atomic E-state index is 12.5. The van der Waals surface area contributed by atoms with Gasteiger partial charge in [-0.3, -0.25) is 9.36 Å². The summed E-state index contributed by atoms with van der Waals surface area (Å²) in [4.78, 5) is 24.5. The van der Waals surface area contributed by atoms with Gasteiger partial charge in [0.15, 0.2) is 5.69 Å². The van der Waals surface area contributed by atoms with Crippen LogP contribution in [0.3, 0.4) is 0 Å². The number of hydrogen-bond donors (Lipinski definition) is 2. The molecular weight excluding hydrogens is 364 g/mol. The lowest BCUT2D eigenvalue weighted by Gasteiger charge is -2.11. The molecule has 0 aliphatic rings. The Hall–Kier alpha value is -3.51. The molecule has 9 heteroatoms. The van der Waals surface area contributed by atoms with Crippen LogP contribution < -0.4 is 5.56 Å². The molecule has 0 saturated heterocycles. The number of azo groups is 1. The molecule has 0 aliphatic heterocycles. The SMILES string of the molecule is Cc1c(C#N)c(O)n(CCO)c(=O)c1N=Nc1cccc(C(=O)OC(C)C)c1. The molecule has 0 spiro atoms. The minimum absolute atomic E-state index is 0.128. The van der Waals surface area contributed by atoms with Gasteiger partial charge in [-0.25, -0.2) is 4.79 Å². The molecule has 1 heterocycles. The maximum Gasteiger partial charge on any atom is 0.338 e. The van der Waals surface area contributed by atoms with E-state index in [-0.39, 0.29) is 35.0 Å². The normalized spacial score (nSPS) is 11.0. The van der Waals surface area contributed by atoms with Gasteiger partial charge in [0.25, 0.3) is 5.56 Å². The molecule has 0 aliphatic carbocycles. The van der Waals surface area contributed by atoms with Crippen LogP contribution in [0.25, 0.3) is 0 Å². The number of rotatable bonds is 6. The number of hydrogen-bond acceptors (Lipinski definition) is 8. The number of nitrogens with zero attached hydrogens (tertiary/aromatic N) is 4. The second-order valence-electron chi connectivity index (χ2n) is 6.17. The second kappa shape index (κ2) is 8.92. The lowest BCUT2D eigenvalue weighted by molar-refractivity contribution is 0.0378. The maximum absolute atomic E-state index is 12.5. The summed E-state index contributed by atoms with van der Waals surface area (Å²) in [5.41, 5.74) is -0.213. The summed E-state index contributed by atoms with van der Waals surface area (Å²) in [5.74, 6) is -1.04. The van der Waals surface area contributed by atoms with Crippen molar-refractivity contribution in [2.24, 2.45) is 10.2 Å². The zero-order valence-corrected chi connectivity index (χ0v) is 15.7. The van der Waals surface area contributed by atoms with Crippen LogP contribution in [0.1, 0.15) is 35.3 Å². The smallest absolute Gasteiger partial charge is 0.338 e. The molecule has 146 valence electrons. The van der Waals surface area contributed by atoms with Crippen LogP contribution in [0.15, 0.2) is 39.3 Å². The first-order valence-electron chi connectivity index (χ1n) is 8.50. The summed E-state index contributed by atoms with van der Waals surface area (Å²) in [6.45, 7) is 4.34. The third-order valence-electron chi connectivity index (χ3n) is 3.78. The fourth-order valence-corrected chi connectivity index (χ4v) is 2.45. The third-order valence-corrected chi connectivity index (χ3v) is 3.78. The Morgan fingerprint density at radius 2 is 2.07 bits per heavy atom. The number of esters is 1. The number of carbonyl (C=O) groups excluding carboxylic acids is 1. The Bertz CT molecular complexity index is 1020. The monoisotopic (exact) mass is 384 g/mol. The summed E-state index contributed by atoms with van der Waals surface area (Å²) in [6.07, 6.45) is -0.271. The Labute approximate surface area is 161 Å². The first-order valence-corrected chi connectivity index (χ1v) is 8.50. The van der Waals surface area contributed by atoms with E-state index in [0.717, 1.165) is 4.57 Å². The minimum atomic E-state index is -0.692. The Balaban J connectivity index is 2.47. The molecule has 0 atom stereocenters. The number of carbonyl (C=O) groups is 1. The van der Waals surface area contributed by atoms with Crippen molar-refractivity contribution in [3.05, 3.63) is 51.3 Å². The van der Waals surface area contributed by atoms with Crippen molar-refractivity contribution in [1.29, 1.82) is 5.26 Å². The zero-order valence-electron chi connectivity index (χ0n) is 15.7. The van der Waals surface area contributed by atoms with Crippen molar-refractivity contribution in [2.45, 2.75) is 33.4 Å². The van der Waals surface area contributed by atoms with E-state index >= 15 is 0 Å². The molecule has 2 aromatic rings. The molecule has 0 bridgehead atoms. The summed E-state index contributed by atoms with van der Waals surface area (Å²) < 4.78 is 5.98. The van der Waals surface area contributed by atoms with E-state index < -0.39 is 24.0 Å². The van der Waals surface area contributed by atoms with Gasteiger partial charge in [0.05, 0.1) is 30.5 Å². The van der Waals surface area contributed by atoms with Crippen molar-refractivity contribution in [3.63, 3.8) is 0 Å². The fourth-order valence-electron chi connectivity index (χ4n) is 2.45. The van der Waals surface area contributed by atoms with Crippen LogP contribution in [0.2, 0.25) is 0 Å². The van der Waals surface area contributed by atoms with Crippen LogP contribution in [-0.4, -0.2) is 33.5 Å². The highest BCUT2D eigenvalue weighted by molar-refractivity contribution is 5.90. The van der Waals surface area contributed by atoms with Gasteiger partial charge >= 0.3 is 5.97 Å². The molecule has 1 aromatic heterocycles. The molecule has 0 amide bonds. The van der Waals surface area contributed by atoms with Gasteiger partial charge in [0, 0.05) is 5.56 Å². The zero-order chi connectivity index (χ0) is 20.8. The van der Waals surface area contributed by atoms with Crippen molar-refractivity contribution < 1.29 is 19.7 Å². The van der Waals surface area contributed by atoms with E-state index in [2.05, 4.69) is 10.2 Å². The predicted molar refractivity (Wildman–Crippen MR) is 100 cm³/mol. The van der Waals surface area contributed by atoms with E-state index in [1.807, 2.05) is 6.07 Å². The largest absolute Gasteiger partial charge is 0.493 e. The van der Waals surface area contributed by atoms with Crippen molar-refractivity contribution in [3.8, 4) is 11.9 Å². The van der Waals surface area contributed by atoms with Gasteiger partial charge < -0.3 is 14.9 Å². The van der Waals surface area contributed by atoms with Gasteiger partial charge in [0.1, 0.15) is 11.6 Å². The molecule has 2 N–H and O–H groups in total. The molecule has 0 radical (unpaired) electrons. The molecule has 0 fully saturated rings. The van der Waals surface area contributed by atoms with E-state index in [4.69, 9.17) is 9.84 Å². The number of benzene rings is 1. The van der Waals surface area contributed by atoms with E-state index in [1.165, 1.54) is 13.0 Å². The fraction of sp³-hybridized carbons (Fsp3) is 0.316. The summed E-state index contributed by atoms with van der Waals surface area (Å²) >= 11 is 0. The predicted octanol–water partition coefficient (Wildman–Crippen LogP) is 2.71. The van der Waals surface area contributed by atoms with Crippen molar-refractivity contribution in [1.82, 2.24) is 4.57 Å². The number of aliphatic hydroxyl groups excluding tert-OH is 1. The van der Waals surface area contributed by atoms with E-state index in [9.17, 15) is 20.0 Å². The number of ether oxygens (including phenoxy) is 1. The number of aliphatic hydroxyl groups is 1. The van der Waals surface area contributed by atoms with Crippen LogP contribution in [0.4, 0.5) is 11.4 Å². The average Bonchev–Trinajstić information content (AvgIpc) is 2.65. The first-order chi connectivity index (χ1) is 13.3. The van der Waals surface area contributed by atoms with Gasteiger partial charge in [-0.2, -0.15) is 10.4 Å². The van der Waals surface area contributed by atoms with E-state index in [0.29, 0.717) is 5.69 Å². The molecule has 9 nitrogen and oxygen atoms in total. The highest BCUT2D eigenvalue weighted by atomic mass is 16.5. The standard InChI is InChI=1S/C19H20N4O5/c1-11(2)28-19(27)13-5-4-6-14(9-13)21-22-16-12(3)15(10-20)17(25)23(7-8-24)18(16)26/h4-6,9,11,24-25H,7-8H2,1-3H3. The van der Waals surface area contributed by atoms with Gasteiger partial charge in [-0.1, -0.05) is 6.07 Å². The van der Waals surface area contributed by atoms with Crippen LogP contribution in [-0.2, 0) is 11.3 Å². The molecular formula is C19H20N4O5. The first kappa shape index (κ1) is 20.8. The highest BCUT2D eigenvalue weighted by Crippen LogP contribution is 2.27. The van der Waals surface area contributed by atoms with Crippen LogP contribution in [0, 0.1) is 18.3 Å². The molecule has 28 heavy (non-hydrogen) atoms. The van der Waals surface area contributed by atoms with Gasteiger partial charge in [-0.15, -0.1) is 5.11 Å². The highest BCUT2D eigenvalue weighted by Gasteiger charge is 2.19. The number of aromatic hydroxyl groups is 1. The molecule has 0 saturated carbocycles. The number of aromatic nitrogens is 1. The lowest BCUT2D eigenvalue weighted by Crippen LogP contribution is -2.23. The van der Waals surface area contributed by atoms with E-state index in [1.54, 1.807) is 32.0 Å². The summed E-state index contributed by atoms with van der Waals surface area (Å²) in [6, 6.07) is 8.03. The van der Waals surface area contributed by atoms with Gasteiger partial charge in [-0.05, 0) is 39.0 Å². The van der Waals surface area contributed by atoms with Crippen LogP contribution in [0.5, 0.6) is 5.88 Å². The quantitative estimate of drug-likeness (QED) is 0.580. The lowest BCUT2D eigenvalue weighted by atomic mass is 10.1. The third kappa shape index (κ3) is 4.42. The minimum Gasteiger partial charge on any atom is -0.493 e. The summed E-state index contributed by atoms with van der Waals surface area (Å²) in [7, 11) is 0. The summed E-state index contributed by atoms with van der Waals surface area (Å²) in [5, 5.41) is 36.3. The molecule has 2 rings (SSSR count). The second-order valence-corrected chi connectivity index (χ2v) is 6.17. The topological polar surface area (TPSA) is 137 Å². The van der Waals surface area contributed by atoms with Crippen molar-refractivity contribution in [2.75, 3.05) is 6.61 Å². The molecule has 1 aromatic carbocycles. The molecule has 0 unspecified atom stereocenters. The van der Waals surface area contributed by atoms with Gasteiger partial charge in [0.2, 0.25) is 5.88 Å². The Kier molecular flexibility index (Phi) is 6.63. The van der Waals surface area contributed by atoms with Crippen molar-refractivity contribution >= 4 is 17.3 Å².